The van der Waals surface area contributed by atoms with E-state index in [2.05, 4.69) is 5.32 Å². The van der Waals surface area contributed by atoms with Crippen molar-refractivity contribution in [2.75, 3.05) is 17.3 Å². The summed E-state index contributed by atoms with van der Waals surface area (Å²) in [5.74, 6) is 0.566. The largest absolute Gasteiger partial charge is 0.497 e. The summed E-state index contributed by atoms with van der Waals surface area (Å²) in [7, 11) is 1.58. The zero-order valence-corrected chi connectivity index (χ0v) is 20.0. The molecule has 0 fully saturated rings. The third-order valence-corrected chi connectivity index (χ3v) is 5.75. The van der Waals surface area contributed by atoms with Crippen LogP contribution >= 0.6 is 0 Å². The molecule has 0 atom stereocenters. The first kappa shape index (κ1) is 23.1. The minimum absolute atomic E-state index is 0.0323. The molecule has 6 heteroatoms. The average molecular weight is 457 g/mol. The lowest BCUT2D eigenvalue weighted by molar-refractivity contribution is -0.120. The van der Waals surface area contributed by atoms with Crippen LogP contribution in [0, 0.1) is 13.8 Å². The number of imide groups is 1. The van der Waals surface area contributed by atoms with E-state index in [1.807, 2.05) is 70.2 Å². The minimum Gasteiger partial charge on any atom is -0.497 e. The first-order valence-corrected chi connectivity index (χ1v) is 11.2. The van der Waals surface area contributed by atoms with Crippen LogP contribution in [0.25, 0.3) is 5.57 Å². The molecule has 4 rings (SSSR count). The Hall–Kier alpha value is -4.06. The van der Waals surface area contributed by atoms with Gasteiger partial charge in [-0.25, -0.2) is 4.90 Å². The van der Waals surface area contributed by atoms with Crippen molar-refractivity contribution in [3.8, 4) is 11.5 Å². The molecular weight excluding hydrogens is 428 g/mol. The summed E-state index contributed by atoms with van der Waals surface area (Å²) in [5, 5.41) is 3.18. The van der Waals surface area contributed by atoms with Crippen LogP contribution in [0.15, 0.2) is 72.4 Å². The van der Waals surface area contributed by atoms with Crippen LogP contribution in [0.3, 0.4) is 0 Å². The molecule has 2 amide bonds. The molecule has 174 valence electrons. The van der Waals surface area contributed by atoms with E-state index in [0.29, 0.717) is 34.0 Å². The monoisotopic (exact) mass is 456 g/mol. The van der Waals surface area contributed by atoms with Gasteiger partial charge in [-0.1, -0.05) is 30.3 Å². The Morgan fingerprint density at radius 2 is 1.56 bits per heavy atom. The fourth-order valence-electron chi connectivity index (χ4n) is 3.93. The second-order valence-electron chi connectivity index (χ2n) is 8.46. The Bertz CT molecular complexity index is 1280. The number of hydrogen-bond acceptors (Lipinski definition) is 5. The van der Waals surface area contributed by atoms with E-state index in [1.54, 1.807) is 31.4 Å². The highest BCUT2D eigenvalue weighted by Crippen LogP contribution is 2.36. The van der Waals surface area contributed by atoms with Crippen LogP contribution in [-0.4, -0.2) is 25.0 Å². The normalized spacial score (nSPS) is 13.6. The number of methoxy groups -OCH3 is 1. The van der Waals surface area contributed by atoms with Crippen LogP contribution in [0.2, 0.25) is 0 Å². The predicted molar refractivity (Wildman–Crippen MR) is 134 cm³/mol. The maximum absolute atomic E-state index is 13.7. The molecule has 0 unspecified atom stereocenters. The van der Waals surface area contributed by atoms with E-state index in [0.717, 1.165) is 11.1 Å². The quantitative estimate of drug-likeness (QED) is 0.476. The number of carbonyl (C=O) groups excluding carboxylic acids is 2. The third-order valence-electron chi connectivity index (χ3n) is 5.75. The molecule has 0 bridgehead atoms. The van der Waals surface area contributed by atoms with Gasteiger partial charge in [0.15, 0.2) is 0 Å². The molecule has 6 nitrogen and oxygen atoms in total. The van der Waals surface area contributed by atoms with Gasteiger partial charge in [0.05, 0.1) is 24.5 Å². The minimum atomic E-state index is -0.404. The van der Waals surface area contributed by atoms with Gasteiger partial charge in [0.25, 0.3) is 11.8 Å². The SMILES string of the molecule is COc1cccc(NC2=C(c3ccc(OC(C)C)cc3)C(=O)N(c3cccc(C)c3C)C2=O)c1. The maximum Gasteiger partial charge on any atom is 0.282 e. The number of nitrogens with zero attached hydrogens (tertiary/aromatic N) is 1. The molecule has 0 aromatic heterocycles. The lowest BCUT2D eigenvalue weighted by Gasteiger charge is -2.19. The van der Waals surface area contributed by atoms with E-state index in [9.17, 15) is 9.59 Å². The van der Waals surface area contributed by atoms with Crippen molar-refractivity contribution in [3.63, 3.8) is 0 Å². The molecule has 3 aromatic rings. The van der Waals surface area contributed by atoms with Crippen molar-refractivity contribution < 1.29 is 19.1 Å². The number of benzene rings is 3. The molecule has 0 saturated carbocycles. The van der Waals surface area contributed by atoms with Crippen molar-refractivity contribution >= 4 is 28.8 Å². The Morgan fingerprint density at radius 1 is 0.853 bits per heavy atom. The summed E-state index contributed by atoms with van der Waals surface area (Å²) in [6, 6.07) is 20.1. The number of ether oxygens (including phenoxy) is 2. The van der Waals surface area contributed by atoms with Gasteiger partial charge in [-0.05, 0) is 74.7 Å². The van der Waals surface area contributed by atoms with Crippen molar-refractivity contribution in [1.82, 2.24) is 0 Å². The molecule has 1 aliphatic rings. The van der Waals surface area contributed by atoms with Gasteiger partial charge < -0.3 is 14.8 Å². The highest BCUT2D eigenvalue weighted by molar-refractivity contribution is 6.46. The third kappa shape index (κ3) is 4.39. The van der Waals surface area contributed by atoms with E-state index in [1.165, 1.54) is 4.90 Å². The van der Waals surface area contributed by atoms with Crippen LogP contribution in [-0.2, 0) is 9.59 Å². The molecule has 1 heterocycles. The fourth-order valence-corrected chi connectivity index (χ4v) is 3.93. The molecule has 1 N–H and O–H groups in total. The lowest BCUT2D eigenvalue weighted by Crippen LogP contribution is -2.33. The number of nitrogens with one attached hydrogen (secondary N) is 1. The fraction of sp³-hybridized carbons (Fsp3) is 0.214. The maximum atomic E-state index is 13.7. The Balaban J connectivity index is 1.81. The summed E-state index contributed by atoms with van der Waals surface area (Å²) in [5.41, 5.74) is 4.27. The highest BCUT2D eigenvalue weighted by Gasteiger charge is 2.41. The summed E-state index contributed by atoms with van der Waals surface area (Å²) in [6.07, 6.45) is 0.0323. The molecule has 0 saturated heterocycles. The Morgan fingerprint density at radius 3 is 2.24 bits per heavy atom. The standard InChI is InChI=1S/C28H28N2O4/c1-17(2)34-22-14-12-20(13-15-22)25-26(29-21-9-7-10-23(16-21)33-5)28(32)30(27(25)31)24-11-6-8-18(3)19(24)4/h6-17,29H,1-5H3. The van der Waals surface area contributed by atoms with Crippen molar-refractivity contribution in [3.05, 3.63) is 89.1 Å². The number of amides is 2. The van der Waals surface area contributed by atoms with Gasteiger partial charge in [-0.15, -0.1) is 0 Å². The lowest BCUT2D eigenvalue weighted by atomic mass is 10.0. The molecule has 34 heavy (non-hydrogen) atoms. The summed E-state index contributed by atoms with van der Waals surface area (Å²) < 4.78 is 11.0. The van der Waals surface area contributed by atoms with Gasteiger partial charge in [0.1, 0.15) is 17.2 Å². The van der Waals surface area contributed by atoms with Gasteiger partial charge in [0.2, 0.25) is 0 Å². The average Bonchev–Trinajstić information content (AvgIpc) is 3.05. The van der Waals surface area contributed by atoms with E-state index in [4.69, 9.17) is 9.47 Å². The van der Waals surface area contributed by atoms with Crippen molar-refractivity contribution in [1.29, 1.82) is 0 Å². The van der Waals surface area contributed by atoms with Crippen molar-refractivity contribution in [2.45, 2.75) is 33.8 Å². The van der Waals surface area contributed by atoms with Crippen LogP contribution in [0.4, 0.5) is 11.4 Å². The van der Waals surface area contributed by atoms with Gasteiger partial charge in [-0.2, -0.15) is 0 Å². The van der Waals surface area contributed by atoms with Gasteiger partial charge in [0, 0.05) is 11.8 Å². The van der Waals surface area contributed by atoms with Crippen LogP contribution in [0.1, 0.15) is 30.5 Å². The zero-order valence-electron chi connectivity index (χ0n) is 20.0. The number of hydrogen-bond donors (Lipinski definition) is 1. The van der Waals surface area contributed by atoms with Gasteiger partial charge >= 0.3 is 0 Å². The first-order chi connectivity index (χ1) is 16.3. The van der Waals surface area contributed by atoms with Crippen LogP contribution < -0.4 is 19.7 Å². The molecule has 0 spiro atoms. The van der Waals surface area contributed by atoms with E-state index in [-0.39, 0.29) is 17.7 Å². The number of carbonyl (C=O) groups is 2. The van der Waals surface area contributed by atoms with E-state index >= 15 is 0 Å². The predicted octanol–water partition coefficient (Wildman–Crippen LogP) is 5.50. The zero-order chi connectivity index (χ0) is 24.4. The number of aryl methyl sites for hydroxylation is 1. The summed E-state index contributed by atoms with van der Waals surface area (Å²) in [6.45, 7) is 7.78. The highest BCUT2D eigenvalue weighted by atomic mass is 16.5. The summed E-state index contributed by atoms with van der Waals surface area (Å²) in [4.78, 5) is 28.6. The molecule has 0 aliphatic carbocycles. The topological polar surface area (TPSA) is 67.9 Å². The Kier molecular flexibility index (Phi) is 6.41. The second kappa shape index (κ2) is 9.43. The second-order valence-corrected chi connectivity index (χ2v) is 8.46. The number of anilines is 2. The smallest absolute Gasteiger partial charge is 0.282 e. The van der Waals surface area contributed by atoms with Crippen molar-refractivity contribution in [2.24, 2.45) is 0 Å². The first-order valence-electron chi connectivity index (χ1n) is 11.2. The number of rotatable bonds is 7. The van der Waals surface area contributed by atoms with E-state index < -0.39 is 5.91 Å². The molecule has 0 radical (unpaired) electrons. The molecular formula is C28H28N2O4. The van der Waals surface area contributed by atoms with Crippen LogP contribution in [0.5, 0.6) is 11.5 Å². The molecule has 1 aliphatic heterocycles. The summed E-state index contributed by atoms with van der Waals surface area (Å²) >= 11 is 0. The van der Waals surface area contributed by atoms with Gasteiger partial charge in [-0.3, -0.25) is 9.59 Å². The molecule has 3 aromatic carbocycles. The Labute approximate surface area is 199 Å².